The number of hydrogen-bond acceptors (Lipinski definition) is 9. The van der Waals surface area contributed by atoms with Gasteiger partial charge in [-0.3, -0.25) is 23.9 Å². The second kappa shape index (κ2) is 7.47. The molecule has 0 amide bonds. The third-order valence-electron chi connectivity index (χ3n) is 4.46. The van der Waals surface area contributed by atoms with Crippen LogP contribution in [0.4, 0.5) is 11.4 Å². The smallest absolute Gasteiger partial charge is 0.330 e. The average molecular weight is 380 g/mol. The molecule has 0 unspecified atom stereocenters. The van der Waals surface area contributed by atoms with Gasteiger partial charge in [-0.25, -0.2) is 4.79 Å². The zero-order chi connectivity index (χ0) is 19.7. The molecule has 27 heavy (non-hydrogen) atoms. The summed E-state index contributed by atoms with van der Waals surface area (Å²) in [6.07, 6.45) is -0.929. The van der Waals surface area contributed by atoms with Crippen molar-refractivity contribution in [3.63, 3.8) is 0 Å². The second-order valence-corrected chi connectivity index (χ2v) is 6.35. The standard InChI is InChI=1S/C16H20N4O7/c1-7-6-20(16(26)19-15(7)25)10-4-8(22)9(27-10)5-18-12-11(17-2-3-21)13(23)14(12)24/h6,8-10,17-18,21-22H,2-5H2,1H3,(H,19,25,26)/t8-,9+,10+/m0/s1. The zero-order valence-corrected chi connectivity index (χ0v) is 14.5. The monoisotopic (exact) mass is 380 g/mol. The molecule has 3 atom stereocenters. The fourth-order valence-corrected chi connectivity index (χ4v) is 2.98. The number of aryl methyl sites for hydroxylation is 1. The third-order valence-corrected chi connectivity index (χ3v) is 4.46. The number of nitrogens with zero attached hydrogens (tertiary/aromatic N) is 1. The minimum atomic E-state index is -0.915. The van der Waals surface area contributed by atoms with Crippen LogP contribution in [-0.2, 0) is 4.74 Å². The lowest BCUT2D eigenvalue weighted by Crippen LogP contribution is -2.40. The topological polar surface area (TPSA) is 163 Å². The summed E-state index contributed by atoms with van der Waals surface area (Å²) in [5, 5.41) is 24.4. The largest absolute Gasteiger partial charge is 0.395 e. The van der Waals surface area contributed by atoms with E-state index >= 15 is 0 Å². The summed E-state index contributed by atoms with van der Waals surface area (Å²) in [6, 6.07) is 0. The Balaban J connectivity index is 1.68. The number of ether oxygens (including phenoxy) is 1. The lowest BCUT2D eigenvalue weighted by Gasteiger charge is -2.19. The van der Waals surface area contributed by atoms with Gasteiger partial charge in [0.2, 0.25) is 0 Å². The van der Waals surface area contributed by atoms with Crippen LogP contribution in [0.15, 0.2) is 25.4 Å². The van der Waals surface area contributed by atoms with Gasteiger partial charge in [0.1, 0.15) is 23.7 Å². The normalized spacial score (nSPS) is 22.3. The van der Waals surface area contributed by atoms with Gasteiger partial charge in [0, 0.05) is 31.3 Å². The van der Waals surface area contributed by atoms with E-state index in [-0.39, 0.29) is 37.5 Å². The number of rotatable bonds is 7. The molecule has 5 N–H and O–H groups in total. The van der Waals surface area contributed by atoms with E-state index in [0.717, 1.165) is 0 Å². The number of aliphatic hydroxyl groups excluding tert-OH is 2. The minimum Gasteiger partial charge on any atom is -0.395 e. The van der Waals surface area contributed by atoms with Crippen LogP contribution in [0.1, 0.15) is 18.2 Å². The highest BCUT2D eigenvalue weighted by atomic mass is 16.5. The van der Waals surface area contributed by atoms with E-state index in [1.165, 1.54) is 10.8 Å². The van der Waals surface area contributed by atoms with Crippen LogP contribution in [-0.4, -0.2) is 51.7 Å². The molecular weight excluding hydrogens is 360 g/mol. The number of hydrogen-bond donors (Lipinski definition) is 5. The molecule has 11 nitrogen and oxygen atoms in total. The van der Waals surface area contributed by atoms with E-state index in [4.69, 9.17) is 9.84 Å². The molecular formula is C16H20N4O7. The third kappa shape index (κ3) is 3.56. The van der Waals surface area contributed by atoms with E-state index in [1.807, 2.05) is 0 Å². The molecule has 0 bridgehead atoms. The number of aromatic amines is 1. The molecule has 146 valence electrons. The molecule has 0 radical (unpaired) electrons. The van der Waals surface area contributed by atoms with Crippen LogP contribution >= 0.6 is 0 Å². The van der Waals surface area contributed by atoms with Gasteiger partial charge in [-0.15, -0.1) is 0 Å². The van der Waals surface area contributed by atoms with Crippen molar-refractivity contribution in [1.29, 1.82) is 0 Å². The van der Waals surface area contributed by atoms with E-state index < -0.39 is 40.5 Å². The summed E-state index contributed by atoms with van der Waals surface area (Å²) < 4.78 is 6.88. The first-order chi connectivity index (χ1) is 12.8. The highest BCUT2D eigenvalue weighted by molar-refractivity contribution is 5.73. The lowest BCUT2D eigenvalue weighted by molar-refractivity contribution is -0.0131. The van der Waals surface area contributed by atoms with Gasteiger partial charge in [0.15, 0.2) is 0 Å². The van der Waals surface area contributed by atoms with Gasteiger partial charge in [0.25, 0.3) is 16.4 Å². The number of nitrogens with one attached hydrogen (secondary N) is 3. The molecule has 0 spiro atoms. The van der Waals surface area contributed by atoms with Crippen molar-refractivity contribution in [3.8, 4) is 0 Å². The van der Waals surface area contributed by atoms with Gasteiger partial charge >= 0.3 is 5.69 Å². The quantitative estimate of drug-likeness (QED) is 0.330. The number of H-pyrrole nitrogens is 1. The Bertz CT molecular complexity index is 1020. The van der Waals surface area contributed by atoms with Crippen LogP contribution in [0.2, 0.25) is 0 Å². The van der Waals surface area contributed by atoms with Crippen molar-refractivity contribution in [2.45, 2.75) is 31.8 Å². The predicted octanol–water partition coefficient (Wildman–Crippen LogP) is -2.39. The van der Waals surface area contributed by atoms with Crippen LogP contribution in [0, 0.1) is 6.92 Å². The Morgan fingerprint density at radius 2 is 1.89 bits per heavy atom. The molecule has 11 heteroatoms. The number of aromatic nitrogens is 2. The number of aliphatic hydroxyl groups is 2. The van der Waals surface area contributed by atoms with Gasteiger partial charge in [-0.2, -0.15) is 0 Å². The highest BCUT2D eigenvalue weighted by Crippen LogP contribution is 2.28. The van der Waals surface area contributed by atoms with Crippen LogP contribution in [0.5, 0.6) is 0 Å². The molecule has 1 aliphatic rings. The maximum absolute atomic E-state index is 11.9. The van der Waals surface area contributed by atoms with Crippen molar-refractivity contribution in [2.75, 3.05) is 30.3 Å². The molecule has 3 rings (SSSR count). The summed E-state index contributed by atoms with van der Waals surface area (Å²) in [4.78, 5) is 48.8. The molecule has 1 aromatic heterocycles. The Labute approximate surface area is 151 Å². The van der Waals surface area contributed by atoms with Gasteiger partial charge in [-0.1, -0.05) is 0 Å². The summed E-state index contributed by atoms with van der Waals surface area (Å²) in [7, 11) is 0. The Hall–Kier alpha value is -2.76. The number of anilines is 2. The first-order valence-electron chi connectivity index (χ1n) is 8.41. The van der Waals surface area contributed by atoms with E-state index in [9.17, 15) is 24.3 Å². The van der Waals surface area contributed by atoms with Crippen molar-refractivity contribution >= 4 is 11.4 Å². The Kier molecular flexibility index (Phi) is 5.26. The fraction of sp³-hybridized carbons (Fsp3) is 0.500. The Morgan fingerprint density at radius 3 is 2.56 bits per heavy atom. The molecule has 1 saturated heterocycles. The molecule has 1 aromatic carbocycles. The maximum Gasteiger partial charge on any atom is 0.330 e. The minimum absolute atomic E-state index is 0.0351. The maximum atomic E-state index is 11.9. The second-order valence-electron chi connectivity index (χ2n) is 6.35. The van der Waals surface area contributed by atoms with Gasteiger partial charge in [-0.05, 0) is 6.92 Å². The molecule has 1 fully saturated rings. The summed E-state index contributed by atoms with van der Waals surface area (Å²) in [5.41, 5.74) is -2.00. The van der Waals surface area contributed by atoms with E-state index in [0.29, 0.717) is 5.56 Å². The summed E-state index contributed by atoms with van der Waals surface area (Å²) in [6.45, 7) is 1.51. The summed E-state index contributed by atoms with van der Waals surface area (Å²) in [5.74, 6) is 0. The zero-order valence-electron chi connectivity index (χ0n) is 14.5. The van der Waals surface area contributed by atoms with Gasteiger partial charge < -0.3 is 25.6 Å². The summed E-state index contributed by atoms with van der Waals surface area (Å²) >= 11 is 0. The molecule has 0 aliphatic carbocycles. The molecule has 0 saturated carbocycles. The first kappa shape index (κ1) is 19.0. The van der Waals surface area contributed by atoms with Crippen LogP contribution in [0.3, 0.4) is 0 Å². The average Bonchev–Trinajstić information content (AvgIpc) is 3.00. The fourth-order valence-electron chi connectivity index (χ4n) is 2.98. The van der Waals surface area contributed by atoms with Gasteiger partial charge in [0.05, 0.1) is 12.7 Å². The van der Waals surface area contributed by atoms with Crippen LogP contribution in [0.25, 0.3) is 0 Å². The van der Waals surface area contributed by atoms with Crippen molar-refractivity contribution < 1.29 is 14.9 Å². The Morgan fingerprint density at radius 1 is 1.22 bits per heavy atom. The van der Waals surface area contributed by atoms with Crippen molar-refractivity contribution in [2.24, 2.45) is 0 Å². The first-order valence-corrected chi connectivity index (χ1v) is 8.41. The molecule has 2 aromatic rings. The SMILES string of the molecule is Cc1cn([C@H]2C[C@H](O)[C@@H](CNc3c(NCCO)c(=O)c3=O)O2)c(=O)[nH]c1=O. The van der Waals surface area contributed by atoms with Crippen LogP contribution < -0.4 is 32.7 Å². The predicted molar refractivity (Wildman–Crippen MR) is 96.0 cm³/mol. The molecule has 1 aliphatic heterocycles. The highest BCUT2D eigenvalue weighted by Gasteiger charge is 2.36. The molecule has 2 heterocycles. The van der Waals surface area contributed by atoms with E-state index in [1.54, 1.807) is 6.92 Å². The van der Waals surface area contributed by atoms with E-state index in [2.05, 4.69) is 15.6 Å². The lowest BCUT2D eigenvalue weighted by atomic mass is 10.1. The van der Waals surface area contributed by atoms with Crippen molar-refractivity contribution in [1.82, 2.24) is 9.55 Å². The van der Waals surface area contributed by atoms with Crippen molar-refractivity contribution in [3.05, 3.63) is 53.0 Å².